The Morgan fingerprint density at radius 3 is 2.33 bits per heavy atom. The van der Waals surface area contributed by atoms with Gasteiger partial charge < -0.3 is 4.90 Å². The van der Waals surface area contributed by atoms with Gasteiger partial charge in [0.05, 0.1) is 11.4 Å². The lowest BCUT2D eigenvalue weighted by molar-refractivity contribution is 0.689. The van der Waals surface area contributed by atoms with E-state index in [1.807, 2.05) is 7.05 Å². The molecule has 0 bridgehead atoms. The quantitative estimate of drug-likeness (QED) is 0.546. The molecule has 0 amide bonds. The van der Waals surface area contributed by atoms with Gasteiger partial charge in [0.15, 0.2) is 0 Å². The largest absolute Gasteiger partial charge is 0.343 e. The van der Waals surface area contributed by atoms with Crippen LogP contribution in [-0.4, -0.2) is 34.1 Å². The van der Waals surface area contributed by atoms with E-state index in [0.717, 1.165) is 42.1 Å². The molecular weight excluding hydrogens is 292 g/mol. The smallest absolute Gasteiger partial charge is 0.245 e. The summed E-state index contributed by atoms with van der Waals surface area (Å²) >= 11 is 3.45. The van der Waals surface area contributed by atoms with E-state index in [1.54, 1.807) is 0 Å². The van der Waals surface area contributed by atoms with E-state index in [9.17, 15) is 0 Å². The van der Waals surface area contributed by atoms with Crippen LogP contribution >= 0.6 is 15.9 Å². The van der Waals surface area contributed by atoms with E-state index in [2.05, 4.69) is 49.9 Å². The highest BCUT2D eigenvalue weighted by atomic mass is 79.9. The number of anilines is 1. The van der Waals surface area contributed by atoms with Crippen molar-refractivity contribution in [2.75, 3.05) is 23.8 Å². The van der Waals surface area contributed by atoms with Gasteiger partial charge in [0.25, 0.3) is 0 Å². The zero-order chi connectivity index (χ0) is 13.4. The molecule has 4 nitrogen and oxygen atoms in total. The first-order valence-corrected chi connectivity index (χ1v) is 7.84. The second-order valence-corrected chi connectivity index (χ2v) is 5.18. The zero-order valence-corrected chi connectivity index (χ0v) is 13.2. The van der Waals surface area contributed by atoms with Crippen LogP contribution in [0.2, 0.25) is 0 Å². The molecule has 0 aliphatic rings. The summed E-state index contributed by atoms with van der Waals surface area (Å²) in [7, 11) is 2.04. The van der Waals surface area contributed by atoms with E-state index in [-0.39, 0.29) is 0 Å². The highest BCUT2D eigenvalue weighted by molar-refractivity contribution is 9.09. The normalized spacial score (nSPS) is 10.7. The molecule has 1 heterocycles. The van der Waals surface area contributed by atoms with Crippen molar-refractivity contribution in [2.24, 2.45) is 0 Å². The third-order valence-corrected chi connectivity index (χ3v) is 3.53. The summed E-state index contributed by atoms with van der Waals surface area (Å²) in [6, 6.07) is 0. The number of hydrogen-bond donors (Lipinski definition) is 0. The Bertz CT molecular complexity index is 357. The molecule has 18 heavy (non-hydrogen) atoms. The van der Waals surface area contributed by atoms with E-state index in [4.69, 9.17) is 0 Å². The van der Waals surface area contributed by atoms with Crippen LogP contribution in [0.1, 0.15) is 44.5 Å². The number of hydrogen-bond acceptors (Lipinski definition) is 4. The number of aryl methyl sites for hydroxylation is 2. The molecule has 0 unspecified atom stereocenters. The summed E-state index contributed by atoms with van der Waals surface area (Å²) in [5.41, 5.74) is 2.10. The van der Waals surface area contributed by atoms with Gasteiger partial charge >= 0.3 is 0 Å². The fourth-order valence-electron chi connectivity index (χ4n) is 1.81. The highest BCUT2D eigenvalue weighted by Crippen LogP contribution is 2.10. The van der Waals surface area contributed by atoms with Gasteiger partial charge in [-0.25, -0.2) is 4.98 Å². The van der Waals surface area contributed by atoms with Crippen molar-refractivity contribution in [1.82, 2.24) is 15.2 Å². The van der Waals surface area contributed by atoms with Gasteiger partial charge in [-0.3, -0.25) is 0 Å². The van der Waals surface area contributed by atoms with Gasteiger partial charge in [-0.05, 0) is 25.7 Å². The van der Waals surface area contributed by atoms with Crippen molar-refractivity contribution in [3.05, 3.63) is 11.4 Å². The summed E-state index contributed by atoms with van der Waals surface area (Å²) in [6.07, 6.45) is 5.45. The second kappa shape index (κ2) is 8.40. The number of aromatic nitrogens is 3. The van der Waals surface area contributed by atoms with E-state index >= 15 is 0 Å². The molecule has 1 aromatic rings. The Morgan fingerprint density at radius 1 is 1.00 bits per heavy atom. The standard InChI is InChI=1S/C13H23BrN4/c1-4-11-12(5-2)16-17-13(15-11)18(3)10-8-6-7-9-14/h4-10H2,1-3H3. The molecule has 0 aliphatic heterocycles. The maximum atomic E-state index is 4.60. The summed E-state index contributed by atoms with van der Waals surface area (Å²) in [6.45, 7) is 5.20. The molecule has 0 aliphatic carbocycles. The molecular formula is C13H23BrN4. The van der Waals surface area contributed by atoms with E-state index < -0.39 is 0 Å². The van der Waals surface area contributed by atoms with Gasteiger partial charge in [0, 0.05) is 18.9 Å². The molecule has 0 N–H and O–H groups in total. The van der Waals surface area contributed by atoms with Crippen LogP contribution in [0.3, 0.4) is 0 Å². The van der Waals surface area contributed by atoms with Crippen LogP contribution in [-0.2, 0) is 12.8 Å². The van der Waals surface area contributed by atoms with Crippen LogP contribution in [0.4, 0.5) is 5.95 Å². The molecule has 0 radical (unpaired) electrons. The third kappa shape index (κ3) is 4.52. The van der Waals surface area contributed by atoms with Gasteiger partial charge in [0.2, 0.25) is 5.95 Å². The molecule has 0 saturated heterocycles. The van der Waals surface area contributed by atoms with Crippen LogP contribution in [0.25, 0.3) is 0 Å². The van der Waals surface area contributed by atoms with Gasteiger partial charge in [-0.15, -0.1) is 5.10 Å². The van der Waals surface area contributed by atoms with Crippen molar-refractivity contribution in [3.8, 4) is 0 Å². The van der Waals surface area contributed by atoms with Crippen molar-refractivity contribution in [2.45, 2.75) is 46.0 Å². The first-order chi connectivity index (χ1) is 8.72. The maximum absolute atomic E-state index is 4.60. The summed E-state index contributed by atoms with van der Waals surface area (Å²) in [5, 5.41) is 9.57. The fourth-order valence-corrected chi connectivity index (χ4v) is 2.21. The Kier molecular flexibility index (Phi) is 7.16. The number of halogens is 1. The lowest BCUT2D eigenvalue weighted by Gasteiger charge is -2.17. The summed E-state index contributed by atoms with van der Waals surface area (Å²) < 4.78 is 0. The average Bonchev–Trinajstić information content (AvgIpc) is 2.42. The van der Waals surface area contributed by atoms with Crippen LogP contribution in [0.15, 0.2) is 0 Å². The lowest BCUT2D eigenvalue weighted by Crippen LogP contribution is -2.22. The molecule has 0 saturated carbocycles. The van der Waals surface area contributed by atoms with Crippen molar-refractivity contribution < 1.29 is 0 Å². The van der Waals surface area contributed by atoms with Crippen molar-refractivity contribution in [3.63, 3.8) is 0 Å². The Labute approximate surface area is 118 Å². The maximum Gasteiger partial charge on any atom is 0.245 e. The van der Waals surface area contributed by atoms with E-state index in [0.29, 0.717) is 0 Å². The minimum Gasteiger partial charge on any atom is -0.343 e. The van der Waals surface area contributed by atoms with E-state index in [1.165, 1.54) is 19.3 Å². The first kappa shape index (κ1) is 15.3. The molecule has 0 atom stereocenters. The Hall–Kier alpha value is -0.710. The van der Waals surface area contributed by atoms with Crippen LogP contribution in [0.5, 0.6) is 0 Å². The van der Waals surface area contributed by atoms with Crippen LogP contribution < -0.4 is 4.90 Å². The topological polar surface area (TPSA) is 41.9 Å². The lowest BCUT2D eigenvalue weighted by atomic mass is 10.2. The Balaban J connectivity index is 2.59. The van der Waals surface area contributed by atoms with Gasteiger partial charge in [0.1, 0.15) is 0 Å². The minimum absolute atomic E-state index is 0.753. The summed E-state index contributed by atoms with van der Waals surface area (Å²) in [5.74, 6) is 0.753. The number of nitrogens with zero attached hydrogens (tertiary/aromatic N) is 4. The van der Waals surface area contributed by atoms with Crippen LogP contribution in [0, 0.1) is 0 Å². The average molecular weight is 315 g/mol. The predicted octanol–water partition coefficient (Wildman–Crippen LogP) is 3.00. The first-order valence-electron chi connectivity index (χ1n) is 6.72. The second-order valence-electron chi connectivity index (χ2n) is 4.38. The number of unbranched alkanes of at least 4 members (excludes halogenated alkanes) is 2. The van der Waals surface area contributed by atoms with Gasteiger partial charge in [-0.1, -0.05) is 36.2 Å². The fraction of sp³-hybridized carbons (Fsp3) is 0.769. The predicted molar refractivity (Wildman–Crippen MR) is 79.5 cm³/mol. The van der Waals surface area contributed by atoms with Crippen molar-refractivity contribution in [1.29, 1.82) is 0 Å². The van der Waals surface area contributed by atoms with Gasteiger partial charge in [-0.2, -0.15) is 5.10 Å². The number of rotatable bonds is 8. The van der Waals surface area contributed by atoms with Crippen molar-refractivity contribution >= 4 is 21.9 Å². The molecule has 0 aromatic carbocycles. The molecule has 1 rings (SSSR count). The molecule has 0 spiro atoms. The highest BCUT2D eigenvalue weighted by Gasteiger charge is 2.09. The third-order valence-electron chi connectivity index (χ3n) is 2.97. The Morgan fingerprint density at radius 2 is 1.72 bits per heavy atom. The zero-order valence-electron chi connectivity index (χ0n) is 11.6. The number of alkyl halides is 1. The molecule has 5 heteroatoms. The summed E-state index contributed by atoms with van der Waals surface area (Å²) in [4.78, 5) is 6.70. The SMILES string of the molecule is CCc1nnc(N(C)CCCCCBr)nc1CC. The molecule has 102 valence electrons. The minimum atomic E-state index is 0.753. The molecule has 1 aromatic heterocycles. The monoisotopic (exact) mass is 314 g/mol. The molecule has 0 fully saturated rings.